The maximum atomic E-state index is 11.6. The molecule has 4 nitrogen and oxygen atoms in total. The fourth-order valence-corrected chi connectivity index (χ4v) is 1.03. The van der Waals surface area contributed by atoms with Crippen LogP contribution in [0.1, 0.15) is 10.4 Å². The molecular formula is C9H7N3O. The van der Waals surface area contributed by atoms with Crippen LogP contribution in [-0.2, 0) is 0 Å². The molecule has 0 saturated heterocycles. The number of aromatic nitrogens is 3. The minimum absolute atomic E-state index is 0.168. The number of benzene rings is 1. The van der Waals surface area contributed by atoms with E-state index < -0.39 is 0 Å². The molecule has 0 unspecified atom stereocenters. The highest BCUT2D eigenvalue weighted by atomic mass is 16.2. The molecule has 0 N–H and O–H groups in total. The van der Waals surface area contributed by atoms with Gasteiger partial charge in [-0.25, -0.2) is 4.98 Å². The summed E-state index contributed by atoms with van der Waals surface area (Å²) in [5.74, 6) is -0.168. The van der Waals surface area contributed by atoms with E-state index in [9.17, 15) is 4.79 Å². The van der Waals surface area contributed by atoms with E-state index in [-0.39, 0.29) is 5.91 Å². The zero-order chi connectivity index (χ0) is 9.10. The first-order chi connectivity index (χ1) is 6.38. The van der Waals surface area contributed by atoms with Crippen molar-refractivity contribution in [2.75, 3.05) is 0 Å². The topological polar surface area (TPSA) is 47.8 Å². The summed E-state index contributed by atoms with van der Waals surface area (Å²) in [6, 6.07) is 8.96. The Hall–Kier alpha value is -1.97. The Labute approximate surface area is 74.8 Å². The molecule has 1 heterocycles. The molecule has 13 heavy (non-hydrogen) atoms. The zero-order valence-corrected chi connectivity index (χ0v) is 6.79. The van der Waals surface area contributed by atoms with Gasteiger partial charge in [0.15, 0.2) is 0 Å². The molecule has 0 spiro atoms. The predicted molar refractivity (Wildman–Crippen MR) is 46.2 cm³/mol. The van der Waals surface area contributed by atoms with Crippen LogP contribution < -0.4 is 0 Å². The number of nitrogens with zero attached hydrogens (tertiary/aromatic N) is 3. The minimum Gasteiger partial charge on any atom is -0.267 e. The summed E-state index contributed by atoms with van der Waals surface area (Å²) >= 11 is 0. The standard InChI is InChI=1S/C9H7N3O/c13-9(12-7-10-6-11-12)8-4-2-1-3-5-8/h1-7H. The molecule has 0 saturated carbocycles. The highest BCUT2D eigenvalue weighted by Crippen LogP contribution is 2.00. The van der Waals surface area contributed by atoms with Gasteiger partial charge in [0.25, 0.3) is 5.91 Å². The third kappa shape index (κ3) is 1.46. The first-order valence-electron chi connectivity index (χ1n) is 3.82. The summed E-state index contributed by atoms with van der Waals surface area (Å²) in [6.45, 7) is 0. The Bertz CT molecular complexity index is 394. The molecule has 2 rings (SSSR count). The third-order valence-corrected chi connectivity index (χ3v) is 1.65. The van der Waals surface area contributed by atoms with Crippen LogP contribution in [-0.4, -0.2) is 20.7 Å². The molecule has 1 aromatic heterocycles. The largest absolute Gasteiger partial charge is 0.279 e. The van der Waals surface area contributed by atoms with E-state index >= 15 is 0 Å². The molecular weight excluding hydrogens is 166 g/mol. The highest BCUT2D eigenvalue weighted by Gasteiger charge is 2.06. The van der Waals surface area contributed by atoms with Gasteiger partial charge in [-0.3, -0.25) is 4.79 Å². The summed E-state index contributed by atoms with van der Waals surface area (Å²) in [4.78, 5) is 15.3. The van der Waals surface area contributed by atoms with Crippen LogP contribution in [0.4, 0.5) is 0 Å². The quantitative estimate of drug-likeness (QED) is 0.645. The van der Waals surface area contributed by atoms with Gasteiger partial charge in [-0.05, 0) is 12.1 Å². The lowest BCUT2D eigenvalue weighted by Crippen LogP contribution is -2.11. The fraction of sp³-hybridized carbons (Fsp3) is 0. The van der Waals surface area contributed by atoms with E-state index in [0.717, 1.165) is 0 Å². The van der Waals surface area contributed by atoms with Crippen LogP contribution in [0.15, 0.2) is 43.0 Å². The van der Waals surface area contributed by atoms with E-state index in [4.69, 9.17) is 0 Å². The van der Waals surface area contributed by atoms with E-state index in [1.54, 1.807) is 12.1 Å². The SMILES string of the molecule is O=C(c1ccccc1)n1cncn1. The van der Waals surface area contributed by atoms with Gasteiger partial charge in [0.05, 0.1) is 0 Å². The molecule has 0 aliphatic rings. The van der Waals surface area contributed by atoms with Crippen LogP contribution in [0.25, 0.3) is 0 Å². The maximum Gasteiger partial charge on any atom is 0.279 e. The summed E-state index contributed by atoms with van der Waals surface area (Å²) in [5.41, 5.74) is 0.605. The van der Waals surface area contributed by atoms with Crippen molar-refractivity contribution in [3.63, 3.8) is 0 Å². The van der Waals surface area contributed by atoms with Crippen molar-refractivity contribution in [1.29, 1.82) is 0 Å². The summed E-state index contributed by atoms with van der Waals surface area (Å²) < 4.78 is 1.20. The number of carbonyl (C=O) groups is 1. The van der Waals surface area contributed by atoms with Crippen LogP contribution in [0.3, 0.4) is 0 Å². The fourth-order valence-electron chi connectivity index (χ4n) is 1.03. The van der Waals surface area contributed by atoms with E-state index in [2.05, 4.69) is 10.1 Å². The minimum atomic E-state index is -0.168. The van der Waals surface area contributed by atoms with Gasteiger partial charge in [-0.1, -0.05) is 18.2 Å². The Morgan fingerprint density at radius 1 is 1.23 bits per heavy atom. The average Bonchev–Trinajstić information content (AvgIpc) is 2.71. The Kier molecular flexibility index (Phi) is 1.88. The Morgan fingerprint density at radius 3 is 2.62 bits per heavy atom. The molecule has 1 aromatic carbocycles. The van der Waals surface area contributed by atoms with Crippen molar-refractivity contribution in [3.8, 4) is 0 Å². The van der Waals surface area contributed by atoms with Gasteiger partial charge in [-0.2, -0.15) is 9.78 Å². The molecule has 0 aliphatic carbocycles. The third-order valence-electron chi connectivity index (χ3n) is 1.65. The van der Waals surface area contributed by atoms with E-state index in [1.165, 1.54) is 17.3 Å². The smallest absolute Gasteiger partial charge is 0.267 e. The van der Waals surface area contributed by atoms with Gasteiger partial charge < -0.3 is 0 Å². The van der Waals surface area contributed by atoms with Crippen LogP contribution in [0.5, 0.6) is 0 Å². The van der Waals surface area contributed by atoms with Gasteiger partial charge in [0.1, 0.15) is 12.7 Å². The highest BCUT2D eigenvalue weighted by molar-refractivity contribution is 5.95. The van der Waals surface area contributed by atoms with Crippen molar-refractivity contribution >= 4 is 5.91 Å². The Balaban J connectivity index is 2.34. The van der Waals surface area contributed by atoms with Gasteiger partial charge in [0, 0.05) is 5.56 Å². The van der Waals surface area contributed by atoms with Crippen molar-refractivity contribution in [2.45, 2.75) is 0 Å². The molecule has 0 amide bonds. The first-order valence-corrected chi connectivity index (χ1v) is 3.82. The van der Waals surface area contributed by atoms with Gasteiger partial charge in [-0.15, -0.1) is 0 Å². The van der Waals surface area contributed by atoms with Crippen molar-refractivity contribution in [2.24, 2.45) is 0 Å². The number of hydrogen-bond donors (Lipinski definition) is 0. The van der Waals surface area contributed by atoms with E-state index in [0.29, 0.717) is 5.56 Å². The lowest BCUT2D eigenvalue weighted by Gasteiger charge is -1.97. The number of carbonyl (C=O) groups excluding carboxylic acids is 1. The molecule has 0 atom stereocenters. The van der Waals surface area contributed by atoms with Crippen LogP contribution in [0, 0.1) is 0 Å². The number of rotatable bonds is 1. The normalized spacial score (nSPS) is 9.85. The average molecular weight is 173 g/mol. The molecule has 4 heteroatoms. The molecule has 64 valence electrons. The van der Waals surface area contributed by atoms with Crippen LogP contribution in [0.2, 0.25) is 0 Å². The monoisotopic (exact) mass is 173 g/mol. The molecule has 0 bridgehead atoms. The summed E-state index contributed by atoms with van der Waals surface area (Å²) in [7, 11) is 0. The van der Waals surface area contributed by atoms with Crippen molar-refractivity contribution < 1.29 is 4.79 Å². The second-order valence-electron chi connectivity index (χ2n) is 2.51. The maximum absolute atomic E-state index is 11.6. The molecule has 0 radical (unpaired) electrons. The lowest BCUT2D eigenvalue weighted by atomic mass is 10.2. The molecule has 2 aromatic rings. The summed E-state index contributed by atoms with van der Waals surface area (Å²) in [5, 5.41) is 3.75. The lowest BCUT2D eigenvalue weighted by molar-refractivity contribution is 0.0944. The van der Waals surface area contributed by atoms with Gasteiger partial charge >= 0.3 is 0 Å². The molecule has 0 fully saturated rings. The molecule has 0 aliphatic heterocycles. The second-order valence-corrected chi connectivity index (χ2v) is 2.51. The van der Waals surface area contributed by atoms with E-state index in [1.807, 2.05) is 18.2 Å². The Morgan fingerprint density at radius 2 is 2.00 bits per heavy atom. The van der Waals surface area contributed by atoms with Crippen LogP contribution >= 0.6 is 0 Å². The second kappa shape index (κ2) is 3.18. The van der Waals surface area contributed by atoms with Crippen molar-refractivity contribution in [1.82, 2.24) is 14.8 Å². The predicted octanol–water partition coefficient (Wildman–Crippen LogP) is 0.967. The first kappa shape index (κ1) is 7.67. The number of hydrogen-bond acceptors (Lipinski definition) is 3. The summed E-state index contributed by atoms with van der Waals surface area (Å²) in [6.07, 6.45) is 2.72. The van der Waals surface area contributed by atoms with Gasteiger partial charge in [0.2, 0.25) is 0 Å². The zero-order valence-electron chi connectivity index (χ0n) is 6.79. The van der Waals surface area contributed by atoms with Crippen molar-refractivity contribution in [3.05, 3.63) is 48.5 Å².